The first-order valence-corrected chi connectivity index (χ1v) is 7.92. The normalized spacial score (nSPS) is 13.1. The molecule has 4 heteroatoms. The average molecular weight is 329 g/mol. The molecule has 25 heavy (non-hydrogen) atoms. The summed E-state index contributed by atoms with van der Waals surface area (Å²) in [6, 6.07) is 22.4. The lowest BCUT2D eigenvalue weighted by atomic mass is 9.99. The molecule has 4 rings (SSSR count). The predicted octanol–water partition coefficient (Wildman–Crippen LogP) is 4.19. The van der Waals surface area contributed by atoms with E-state index in [-0.39, 0.29) is 11.5 Å². The summed E-state index contributed by atoms with van der Waals surface area (Å²) in [7, 11) is 1.49. The van der Waals surface area contributed by atoms with Crippen LogP contribution in [0.1, 0.15) is 15.9 Å². The number of ether oxygens (including phenoxy) is 1. The number of benzene rings is 3. The highest BCUT2D eigenvalue weighted by Gasteiger charge is 2.39. The van der Waals surface area contributed by atoms with Gasteiger partial charge in [-0.3, -0.25) is 4.79 Å². The molecule has 122 valence electrons. The molecule has 3 aromatic rings. The van der Waals surface area contributed by atoms with Crippen molar-refractivity contribution < 1.29 is 14.3 Å². The highest BCUT2D eigenvalue weighted by Crippen LogP contribution is 2.35. The van der Waals surface area contributed by atoms with Crippen LogP contribution in [0.25, 0.3) is 11.1 Å². The number of nitrogens with zero attached hydrogens (tertiary/aromatic N) is 1. The van der Waals surface area contributed by atoms with Gasteiger partial charge in [0.05, 0.1) is 12.7 Å². The van der Waals surface area contributed by atoms with E-state index >= 15 is 0 Å². The van der Waals surface area contributed by atoms with Crippen LogP contribution in [-0.4, -0.2) is 23.3 Å². The van der Waals surface area contributed by atoms with Crippen molar-refractivity contribution in [1.82, 2.24) is 0 Å². The number of methoxy groups -OCH3 is 1. The third kappa shape index (κ3) is 2.39. The lowest BCUT2D eigenvalue weighted by molar-refractivity contribution is -0.355. The molecule has 4 nitrogen and oxygen atoms in total. The quantitative estimate of drug-likeness (QED) is 0.535. The van der Waals surface area contributed by atoms with E-state index in [1.54, 1.807) is 30.3 Å². The minimum absolute atomic E-state index is 0.124. The maximum Gasteiger partial charge on any atom is 0.273 e. The fourth-order valence-electron chi connectivity index (χ4n) is 3.12. The summed E-state index contributed by atoms with van der Waals surface area (Å²) in [4.78, 5) is 12.8. The fourth-order valence-corrected chi connectivity index (χ4v) is 3.12. The molecular weight excluding hydrogens is 314 g/mol. The van der Waals surface area contributed by atoms with Crippen LogP contribution in [0, 0.1) is 5.21 Å². The summed E-state index contributed by atoms with van der Waals surface area (Å²) >= 11 is 0. The lowest BCUT2D eigenvalue weighted by Gasteiger charge is -2.04. The fraction of sp³-hybridized carbons (Fsp3) is 0.0476. The van der Waals surface area contributed by atoms with Gasteiger partial charge in [0.15, 0.2) is 0 Å². The van der Waals surface area contributed by atoms with Crippen LogP contribution in [0.3, 0.4) is 0 Å². The van der Waals surface area contributed by atoms with Gasteiger partial charge in [-0.05, 0) is 29.3 Å². The van der Waals surface area contributed by atoms with Crippen molar-refractivity contribution in [2.24, 2.45) is 0 Å². The van der Waals surface area contributed by atoms with E-state index in [4.69, 9.17) is 4.74 Å². The molecule has 0 aliphatic carbocycles. The Kier molecular flexibility index (Phi) is 3.58. The molecular formula is C21H15NO3. The molecule has 0 spiro atoms. The van der Waals surface area contributed by atoms with E-state index < -0.39 is 0 Å². The summed E-state index contributed by atoms with van der Waals surface area (Å²) in [6.07, 6.45) is 0. The maximum absolute atomic E-state index is 12.8. The molecule has 0 amide bonds. The van der Waals surface area contributed by atoms with Gasteiger partial charge in [0.2, 0.25) is 5.69 Å². The Bertz CT molecular complexity index is 989. The predicted molar refractivity (Wildman–Crippen MR) is 96.6 cm³/mol. The van der Waals surface area contributed by atoms with Crippen LogP contribution >= 0.6 is 0 Å². The molecule has 3 aromatic carbocycles. The lowest BCUT2D eigenvalue weighted by Crippen LogP contribution is -2.16. The van der Waals surface area contributed by atoms with Crippen LogP contribution in [0.2, 0.25) is 0 Å². The highest BCUT2D eigenvalue weighted by molar-refractivity contribution is 6.52. The largest absolute Gasteiger partial charge is 0.618 e. The highest BCUT2D eigenvalue weighted by atomic mass is 16.5. The second kappa shape index (κ2) is 5.91. The molecule has 0 N–H and O–H groups in total. The Hall–Kier alpha value is -3.40. The first kappa shape index (κ1) is 15.1. The summed E-state index contributed by atoms with van der Waals surface area (Å²) in [5.41, 5.74) is 3.48. The monoisotopic (exact) mass is 329 g/mol. The van der Waals surface area contributed by atoms with Gasteiger partial charge in [-0.2, -0.15) is 4.74 Å². The minimum Gasteiger partial charge on any atom is -0.618 e. The van der Waals surface area contributed by atoms with Gasteiger partial charge >= 0.3 is 0 Å². The third-order valence-corrected chi connectivity index (χ3v) is 4.35. The van der Waals surface area contributed by atoms with Crippen LogP contribution in [0.5, 0.6) is 5.75 Å². The third-order valence-electron chi connectivity index (χ3n) is 4.35. The number of Topliss-reactive ketones (excluding diaryl/α,β-unsaturated/α-hetero) is 1. The van der Waals surface area contributed by atoms with Gasteiger partial charge in [0.25, 0.3) is 11.5 Å². The molecule has 0 saturated heterocycles. The van der Waals surface area contributed by atoms with Crippen LogP contribution < -0.4 is 4.74 Å². The molecule has 0 saturated carbocycles. The number of hydrogen-bond acceptors (Lipinski definition) is 3. The summed E-state index contributed by atoms with van der Waals surface area (Å²) in [5, 5.41) is 12.6. The summed E-state index contributed by atoms with van der Waals surface area (Å²) in [6.45, 7) is 0. The molecule has 1 aliphatic heterocycles. The van der Waals surface area contributed by atoms with E-state index in [1.807, 2.05) is 42.5 Å². The Balaban J connectivity index is 1.76. The molecule has 0 unspecified atom stereocenters. The number of carbonyl (C=O) groups is 1. The van der Waals surface area contributed by atoms with Crippen LogP contribution in [0.15, 0.2) is 72.8 Å². The number of rotatable bonds is 3. The maximum atomic E-state index is 12.8. The number of hydrogen-bond donors (Lipinski definition) is 0. The SMILES string of the molecule is COc1cccc2c1C(=O)C(c1ccc(-c3ccccc3)cc1)=[N+]2[O-]. The first-order valence-electron chi connectivity index (χ1n) is 7.92. The van der Waals surface area contributed by atoms with Gasteiger partial charge in [0, 0.05) is 6.07 Å². The molecule has 0 bridgehead atoms. The molecule has 1 aliphatic rings. The van der Waals surface area contributed by atoms with E-state index in [0.717, 1.165) is 11.1 Å². The number of carbonyl (C=O) groups excluding carboxylic acids is 1. The summed E-state index contributed by atoms with van der Waals surface area (Å²) < 4.78 is 5.93. The van der Waals surface area contributed by atoms with Crippen molar-refractivity contribution in [2.75, 3.05) is 7.11 Å². The molecule has 0 atom stereocenters. The number of ketones is 1. The van der Waals surface area contributed by atoms with Crippen molar-refractivity contribution in [1.29, 1.82) is 0 Å². The Morgan fingerprint density at radius 2 is 1.44 bits per heavy atom. The van der Waals surface area contributed by atoms with Crippen molar-refractivity contribution in [3.8, 4) is 16.9 Å². The van der Waals surface area contributed by atoms with Crippen LogP contribution in [0.4, 0.5) is 5.69 Å². The van der Waals surface area contributed by atoms with Gasteiger partial charge < -0.3 is 9.94 Å². The number of fused-ring (bicyclic) bond motifs is 1. The molecule has 0 aromatic heterocycles. The van der Waals surface area contributed by atoms with Gasteiger partial charge in [-0.15, -0.1) is 0 Å². The van der Waals surface area contributed by atoms with E-state index in [9.17, 15) is 10.0 Å². The van der Waals surface area contributed by atoms with Crippen molar-refractivity contribution in [3.05, 3.63) is 89.1 Å². The zero-order valence-corrected chi connectivity index (χ0v) is 13.6. The Labute approximate surface area is 145 Å². The molecule has 1 heterocycles. The topological polar surface area (TPSA) is 52.4 Å². The van der Waals surface area contributed by atoms with Crippen molar-refractivity contribution in [2.45, 2.75) is 0 Å². The Morgan fingerprint density at radius 1 is 0.800 bits per heavy atom. The standard InChI is InChI=1S/C21H15NO3/c1-25-18-9-5-8-17-19(18)21(23)20(22(17)24)16-12-10-15(11-13-16)14-6-3-2-4-7-14/h2-13H,1H3. The van der Waals surface area contributed by atoms with Gasteiger partial charge in [-0.25, -0.2) is 0 Å². The summed E-state index contributed by atoms with van der Waals surface area (Å²) in [5.74, 6) is 0.106. The second-order valence-corrected chi connectivity index (χ2v) is 5.77. The molecule has 0 fully saturated rings. The molecule has 0 radical (unpaired) electrons. The first-order chi connectivity index (χ1) is 12.2. The zero-order chi connectivity index (χ0) is 17.4. The van der Waals surface area contributed by atoms with E-state index in [2.05, 4.69) is 0 Å². The Morgan fingerprint density at radius 3 is 2.12 bits per heavy atom. The van der Waals surface area contributed by atoms with Crippen molar-refractivity contribution >= 4 is 17.2 Å². The second-order valence-electron chi connectivity index (χ2n) is 5.77. The van der Waals surface area contributed by atoms with Gasteiger partial charge in [0.1, 0.15) is 11.3 Å². The average Bonchev–Trinajstić information content (AvgIpc) is 2.93. The van der Waals surface area contributed by atoms with Crippen molar-refractivity contribution in [3.63, 3.8) is 0 Å². The van der Waals surface area contributed by atoms with Crippen LogP contribution in [-0.2, 0) is 0 Å². The smallest absolute Gasteiger partial charge is 0.273 e. The minimum atomic E-state index is -0.310. The zero-order valence-electron chi connectivity index (χ0n) is 13.6. The van der Waals surface area contributed by atoms with E-state index in [1.165, 1.54) is 7.11 Å². The van der Waals surface area contributed by atoms with E-state index in [0.29, 0.717) is 27.3 Å². The van der Waals surface area contributed by atoms with Gasteiger partial charge in [-0.1, -0.05) is 48.5 Å².